The van der Waals surface area contributed by atoms with Gasteiger partial charge in [-0.1, -0.05) is 20.8 Å². The lowest BCUT2D eigenvalue weighted by atomic mass is 9.78. The molecule has 0 aromatic carbocycles. The van der Waals surface area contributed by atoms with Gasteiger partial charge in [-0.25, -0.2) is 0 Å². The smallest absolute Gasteiger partial charge is 0.307 e. The zero-order chi connectivity index (χ0) is 10.6. The number of nitrogens with one attached hydrogen (secondary N) is 1. The standard InChI is InChI=1S/C8H16BNO3/c1-8(2,3)5(7(12)13)4-6(11)10-9/h5H,4,9H2,1-3H3,(H,10,11)(H,12,13)/t5-/m1/s1. The van der Waals surface area contributed by atoms with Gasteiger partial charge in [0.25, 0.3) is 0 Å². The van der Waals surface area contributed by atoms with Crippen molar-refractivity contribution in [1.82, 2.24) is 5.23 Å². The summed E-state index contributed by atoms with van der Waals surface area (Å²) >= 11 is 0. The Bertz CT molecular complexity index is 210. The first-order chi connectivity index (χ1) is 5.79. The quantitative estimate of drug-likeness (QED) is 0.597. The number of aliphatic carboxylic acids is 1. The van der Waals surface area contributed by atoms with E-state index in [1.807, 2.05) is 20.8 Å². The predicted octanol–water partition coefficient (Wildman–Crippen LogP) is -0.212. The van der Waals surface area contributed by atoms with Crippen molar-refractivity contribution in [3.8, 4) is 0 Å². The summed E-state index contributed by atoms with van der Waals surface area (Å²) in [5, 5.41) is 11.3. The summed E-state index contributed by atoms with van der Waals surface area (Å²) in [7, 11) is 1.50. The molecule has 0 aliphatic heterocycles. The Morgan fingerprint density at radius 1 is 1.46 bits per heavy atom. The monoisotopic (exact) mass is 185 g/mol. The molecule has 0 aliphatic rings. The molecule has 0 saturated carbocycles. The molecule has 1 amide bonds. The molecule has 0 bridgehead atoms. The first-order valence-electron chi connectivity index (χ1n) is 4.22. The van der Waals surface area contributed by atoms with E-state index in [1.54, 1.807) is 0 Å². The Labute approximate surface area is 79.1 Å². The van der Waals surface area contributed by atoms with E-state index >= 15 is 0 Å². The molecule has 0 aromatic rings. The maximum absolute atomic E-state index is 11.0. The molecular weight excluding hydrogens is 169 g/mol. The van der Waals surface area contributed by atoms with Crippen LogP contribution in [0.1, 0.15) is 27.2 Å². The lowest BCUT2D eigenvalue weighted by molar-refractivity contribution is -0.147. The van der Waals surface area contributed by atoms with Crippen LogP contribution >= 0.6 is 0 Å². The molecule has 0 aliphatic carbocycles. The lowest BCUT2D eigenvalue weighted by Gasteiger charge is -2.26. The minimum absolute atomic E-state index is 0.0370. The van der Waals surface area contributed by atoms with Gasteiger partial charge in [0, 0.05) is 6.42 Å². The number of carboxylic acids is 1. The molecule has 0 aromatic heterocycles. The molecule has 0 rings (SSSR count). The highest BCUT2D eigenvalue weighted by molar-refractivity contribution is 6.14. The van der Waals surface area contributed by atoms with Crippen molar-refractivity contribution in [2.45, 2.75) is 27.2 Å². The Hall–Kier alpha value is -0.995. The van der Waals surface area contributed by atoms with Gasteiger partial charge in [0.2, 0.25) is 13.9 Å². The van der Waals surface area contributed by atoms with Gasteiger partial charge in [0.1, 0.15) is 0 Å². The topological polar surface area (TPSA) is 66.4 Å². The molecule has 2 N–H and O–H groups in total. The first-order valence-corrected chi connectivity index (χ1v) is 4.22. The van der Waals surface area contributed by atoms with Crippen LogP contribution in [0.3, 0.4) is 0 Å². The van der Waals surface area contributed by atoms with Crippen LogP contribution in [0.25, 0.3) is 0 Å². The third kappa shape index (κ3) is 3.96. The first kappa shape index (κ1) is 12.0. The van der Waals surface area contributed by atoms with E-state index in [0.717, 1.165) is 0 Å². The van der Waals surface area contributed by atoms with Crippen LogP contribution in [-0.4, -0.2) is 25.0 Å². The van der Waals surface area contributed by atoms with E-state index < -0.39 is 17.3 Å². The number of rotatable bonds is 3. The van der Waals surface area contributed by atoms with Crippen molar-refractivity contribution in [3.63, 3.8) is 0 Å². The minimum atomic E-state index is -0.920. The van der Waals surface area contributed by atoms with Gasteiger partial charge in [0.15, 0.2) is 0 Å². The van der Waals surface area contributed by atoms with Crippen LogP contribution in [0, 0.1) is 11.3 Å². The van der Waals surface area contributed by atoms with Crippen molar-refractivity contribution in [3.05, 3.63) is 0 Å². The molecule has 0 saturated heterocycles. The van der Waals surface area contributed by atoms with Crippen LogP contribution in [0.2, 0.25) is 0 Å². The largest absolute Gasteiger partial charge is 0.481 e. The summed E-state index contributed by atoms with van der Waals surface area (Å²) in [6, 6.07) is 0. The average molecular weight is 185 g/mol. The summed E-state index contributed by atoms with van der Waals surface area (Å²) in [6.07, 6.45) is 0.0370. The van der Waals surface area contributed by atoms with Crippen LogP contribution in [-0.2, 0) is 9.59 Å². The van der Waals surface area contributed by atoms with E-state index in [1.165, 1.54) is 7.98 Å². The van der Waals surface area contributed by atoms with E-state index in [2.05, 4.69) is 5.23 Å². The second kappa shape index (κ2) is 4.30. The number of hydrogen-bond acceptors (Lipinski definition) is 2. The van der Waals surface area contributed by atoms with E-state index in [9.17, 15) is 9.59 Å². The third-order valence-corrected chi connectivity index (χ3v) is 2.01. The normalized spacial score (nSPS) is 13.5. The SMILES string of the molecule is BNC(=O)C[C@H](C(=O)O)C(C)(C)C. The highest BCUT2D eigenvalue weighted by Gasteiger charge is 2.32. The average Bonchev–Trinajstić information content (AvgIpc) is 1.96. The summed E-state index contributed by atoms with van der Waals surface area (Å²) in [4.78, 5) is 21.8. The highest BCUT2D eigenvalue weighted by atomic mass is 16.4. The Balaban J connectivity index is 4.46. The molecule has 13 heavy (non-hydrogen) atoms. The van der Waals surface area contributed by atoms with Gasteiger partial charge in [-0.05, 0) is 5.41 Å². The zero-order valence-corrected chi connectivity index (χ0v) is 8.55. The Morgan fingerprint density at radius 3 is 2.15 bits per heavy atom. The molecule has 0 heterocycles. The van der Waals surface area contributed by atoms with Gasteiger partial charge < -0.3 is 10.3 Å². The van der Waals surface area contributed by atoms with E-state index in [-0.39, 0.29) is 12.3 Å². The lowest BCUT2D eigenvalue weighted by Crippen LogP contribution is -2.34. The second-order valence-electron chi connectivity index (χ2n) is 4.13. The number of amides is 1. The summed E-state index contributed by atoms with van der Waals surface area (Å²) in [5.74, 6) is -1.79. The number of carboxylic acid groups (broad SMARTS) is 1. The van der Waals surface area contributed by atoms with Crippen molar-refractivity contribution >= 4 is 19.9 Å². The van der Waals surface area contributed by atoms with Gasteiger partial charge in [-0.2, -0.15) is 0 Å². The highest BCUT2D eigenvalue weighted by Crippen LogP contribution is 2.28. The summed E-state index contributed by atoms with van der Waals surface area (Å²) < 4.78 is 0. The molecule has 0 radical (unpaired) electrons. The molecule has 5 heteroatoms. The van der Waals surface area contributed by atoms with Crippen LogP contribution < -0.4 is 5.23 Å². The summed E-state index contributed by atoms with van der Waals surface area (Å²) in [6.45, 7) is 5.44. The van der Waals surface area contributed by atoms with Crippen LogP contribution in [0.5, 0.6) is 0 Å². The number of carbonyl (C=O) groups is 2. The fraction of sp³-hybridized carbons (Fsp3) is 0.750. The molecule has 0 fully saturated rings. The molecule has 74 valence electrons. The molecule has 1 atom stereocenters. The van der Waals surface area contributed by atoms with Crippen molar-refractivity contribution in [1.29, 1.82) is 0 Å². The Morgan fingerprint density at radius 2 is 1.92 bits per heavy atom. The van der Waals surface area contributed by atoms with E-state index in [4.69, 9.17) is 5.11 Å². The minimum Gasteiger partial charge on any atom is -0.481 e. The molecular formula is C8H16BNO3. The predicted molar refractivity (Wildman–Crippen MR) is 51.9 cm³/mol. The molecule has 4 nitrogen and oxygen atoms in total. The Kier molecular flexibility index (Phi) is 3.97. The third-order valence-electron chi connectivity index (χ3n) is 2.01. The maximum Gasteiger partial charge on any atom is 0.307 e. The van der Waals surface area contributed by atoms with Gasteiger partial charge in [-0.3, -0.25) is 9.59 Å². The van der Waals surface area contributed by atoms with Crippen LogP contribution in [0.4, 0.5) is 0 Å². The van der Waals surface area contributed by atoms with Crippen LogP contribution in [0.15, 0.2) is 0 Å². The fourth-order valence-corrected chi connectivity index (χ4v) is 1.05. The van der Waals surface area contributed by atoms with Gasteiger partial charge in [-0.15, -0.1) is 0 Å². The molecule has 0 unspecified atom stereocenters. The second-order valence-corrected chi connectivity index (χ2v) is 4.13. The number of hydrogen-bond donors (Lipinski definition) is 2. The molecule has 0 spiro atoms. The van der Waals surface area contributed by atoms with Crippen molar-refractivity contribution < 1.29 is 14.7 Å². The van der Waals surface area contributed by atoms with Gasteiger partial charge in [0.05, 0.1) is 5.92 Å². The van der Waals surface area contributed by atoms with Gasteiger partial charge >= 0.3 is 5.97 Å². The maximum atomic E-state index is 11.0. The zero-order valence-electron chi connectivity index (χ0n) is 8.55. The number of carbonyl (C=O) groups excluding carboxylic acids is 1. The van der Waals surface area contributed by atoms with Crippen molar-refractivity contribution in [2.24, 2.45) is 11.3 Å². The fourth-order valence-electron chi connectivity index (χ4n) is 1.05. The van der Waals surface area contributed by atoms with Crippen molar-refractivity contribution in [2.75, 3.05) is 0 Å². The van der Waals surface area contributed by atoms with E-state index in [0.29, 0.717) is 0 Å². The summed E-state index contributed by atoms with van der Waals surface area (Å²) in [5.41, 5.74) is -0.391.